The molecule has 2 saturated heterocycles. The molecule has 0 saturated carbocycles. The molecule has 0 bridgehead atoms. The molecule has 0 radical (unpaired) electrons. The van der Waals surface area contributed by atoms with E-state index >= 15 is 0 Å². The Morgan fingerprint density at radius 3 is 2.46 bits per heavy atom. The average Bonchev–Trinajstić information content (AvgIpc) is 3.15. The van der Waals surface area contributed by atoms with Gasteiger partial charge in [-0.2, -0.15) is 11.8 Å². The summed E-state index contributed by atoms with van der Waals surface area (Å²) >= 11 is 2.06. The van der Waals surface area contributed by atoms with E-state index in [1.54, 1.807) is 12.1 Å². The molecule has 2 aliphatic heterocycles. The van der Waals surface area contributed by atoms with Gasteiger partial charge in [-0.25, -0.2) is 13.1 Å². The Bertz CT molecular complexity index is 617. The highest BCUT2D eigenvalue weighted by Gasteiger charge is 2.28. The SMILES string of the molecule is CCc1ccc(S(=O)(=O)NCC2CCN(C3CCSC3)CC2)cc1. The van der Waals surface area contributed by atoms with Crippen LogP contribution in [0.4, 0.5) is 0 Å². The number of piperidine rings is 1. The van der Waals surface area contributed by atoms with Gasteiger partial charge in [0, 0.05) is 18.3 Å². The summed E-state index contributed by atoms with van der Waals surface area (Å²) in [5, 5.41) is 0. The van der Waals surface area contributed by atoms with Gasteiger partial charge in [0.2, 0.25) is 10.0 Å². The first-order chi connectivity index (χ1) is 11.6. The van der Waals surface area contributed by atoms with Gasteiger partial charge in [0.05, 0.1) is 4.90 Å². The standard InChI is InChI=1S/C18H28N2O2S2/c1-2-15-3-5-18(6-4-15)24(21,22)19-13-16-7-10-20(11-8-16)17-9-12-23-14-17/h3-6,16-17,19H,2,7-14H2,1H3. The zero-order valence-electron chi connectivity index (χ0n) is 14.4. The van der Waals surface area contributed by atoms with Crippen molar-refractivity contribution in [2.75, 3.05) is 31.1 Å². The maximum absolute atomic E-state index is 12.4. The molecule has 1 aromatic rings. The van der Waals surface area contributed by atoms with Crippen molar-refractivity contribution >= 4 is 21.8 Å². The highest BCUT2D eigenvalue weighted by molar-refractivity contribution is 7.99. The minimum absolute atomic E-state index is 0.375. The van der Waals surface area contributed by atoms with Crippen molar-refractivity contribution in [3.05, 3.63) is 29.8 Å². The topological polar surface area (TPSA) is 49.4 Å². The number of hydrogen-bond acceptors (Lipinski definition) is 4. The van der Waals surface area contributed by atoms with Gasteiger partial charge in [0.15, 0.2) is 0 Å². The molecule has 2 fully saturated rings. The first-order valence-corrected chi connectivity index (χ1v) is 11.6. The molecule has 6 heteroatoms. The Morgan fingerprint density at radius 1 is 1.17 bits per heavy atom. The van der Waals surface area contributed by atoms with E-state index in [0.29, 0.717) is 17.4 Å². The molecule has 0 spiro atoms. The molecule has 1 N–H and O–H groups in total. The summed E-state index contributed by atoms with van der Waals surface area (Å²) in [6.45, 7) is 4.86. The number of hydrogen-bond donors (Lipinski definition) is 1. The highest BCUT2D eigenvalue weighted by atomic mass is 32.2. The fourth-order valence-electron chi connectivity index (χ4n) is 3.55. The monoisotopic (exact) mass is 368 g/mol. The molecule has 134 valence electrons. The van der Waals surface area contributed by atoms with Crippen LogP contribution in [0.15, 0.2) is 29.2 Å². The first kappa shape index (κ1) is 18.2. The summed E-state index contributed by atoms with van der Waals surface area (Å²) < 4.78 is 27.7. The zero-order valence-corrected chi connectivity index (χ0v) is 16.0. The summed E-state index contributed by atoms with van der Waals surface area (Å²) in [5.41, 5.74) is 1.16. The van der Waals surface area contributed by atoms with E-state index in [-0.39, 0.29) is 0 Å². The quantitative estimate of drug-likeness (QED) is 0.839. The van der Waals surface area contributed by atoms with Crippen LogP contribution in [0.1, 0.15) is 31.7 Å². The lowest BCUT2D eigenvalue weighted by Gasteiger charge is -2.35. The van der Waals surface area contributed by atoms with E-state index in [1.807, 2.05) is 12.1 Å². The van der Waals surface area contributed by atoms with Crippen molar-refractivity contribution in [1.29, 1.82) is 0 Å². The zero-order chi connectivity index (χ0) is 17.0. The van der Waals surface area contributed by atoms with Gasteiger partial charge in [-0.15, -0.1) is 0 Å². The van der Waals surface area contributed by atoms with Crippen molar-refractivity contribution in [3.8, 4) is 0 Å². The second-order valence-electron chi connectivity index (χ2n) is 6.85. The number of sulfonamides is 1. The van der Waals surface area contributed by atoms with Crippen molar-refractivity contribution in [2.45, 2.75) is 43.5 Å². The van der Waals surface area contributed by atoms with Crippen LogP contribution in [0.2, 0.25) is 0 Å². The van der Waals surface area contributed by atoms with Gasteiger partial charge in [-0.05, 0) is 68.1 Å². The summed E-state index contributed by atoms with van der Waals surface area (Å²) in [4.78, 5) is 2.98. The Hall–Kier alpha value is -0.560. The lowest BCUT2D eigenvalue weighted by Crippen LogP contribution is -2.43. The molecule has 2 aliphatic rings. The van der Waals surface area contributed by atoms with Crippen molar-refractivity contribution < 1.29 is 8.42 Å². The number of nitrogens with zero attached hydrogens (tertiary/aromatic N) is 1. The maximum atomic E-state index is 12.4. The number of thioether (sulfide) groups is 1. The van der Waals surface area contributed by atoms with E-state index in [1.165, 1.54) is 17.9 Å². The molecule has 4 nitrogen and oxygen atoms in total. The third-order valence-electron chi connectivity index (χ3n) is 5.28. The number of rotatable bonds is 6. The number of benzene rings is 1. The minimum atomic E-state index is -3.38. The van der Waals surface area contributed by atoms with Crippen molar-refractivity contribution in [1.82, 2.24) is 9.62 Å². The molecule has 0 aliphatic carbocycles. The van der Waals surface area contributed by atoms with Gasteiger partial charge >= 0.3 is 0 Å². The fraction of sp³-hybridized carbons (Fsp3) is 0.667. The molecular weight excluding hydrogens is 340 g/mol. The van der Waals surface area contributed by atoms with Gasteiger partial charge in [0.25, 0.3) is 0 Å². The van der Waals surface area contributed by atoms with E-state index in [2.05, 4.69) is 28.3 Å². The van der Waals surface area contributed by atoms with Crippen LogP contribution in [0.3, 0.4) is 0 Å². The molecule has 1 atom stereocenters. The second-order valence-corrected chi connectivity index (χ2v) is 9.76. The Labute approximate surface area is 150 Å². The van der Waals surface area contributed by atoms with Crippen LogP contribution in [0, 0.1) is 5.92 Å². The van der Waals surface area contributed by atoms with E-state index in [9.17, 15) is 8.42 Å². The van der Waals surface area contributed by atoms with Crippen LogP contribution >= 0.6 is 11.8 Å². The average molecular weight is 369 g/mol. The fourth-order valence-corrected chi connectivity index (χ4v) is 5.92. The van der Waals surface area contributed by atoms with Crippen LogP contribution < -0.4 is 4.72 Å². The van der Waals surface area contributed by atoms with E-state index < -0.39 is 10.0 Å². The van der Waals surface area contributed by atoms with Crippen LogP contribution in [0.5, 0.6) is 0 Å². The number of nitrogens with one attached hydrogen (secondary N) is 1. The predicted molar refractivity (Wildman–Crippen MR) is 101 cm³/mol. The molecule has 1 unspecified atom stereocenters. The second kappa shape index (κ2) is 8.21. The Morgan fingerprint density at radius 2 is 1.88 bits per heavy atom. The lowest BCUT2D eigenvalue weighted by molar-refractivity contribution is 0.145. The van der Waals surface area contributed by atoms with Crippen LogP contribution in [0.25, 0.3) is 0 Å². The molecule has 3 rings (SSSR count). The van der Waals surface area contributed by atoms with Gasteiger partial charge < -0.3 is 0 Å². The largest absolute Gasteiger partial charge is 0.300 e. The molecule has 1 aromatic carbocycles. The van der Waals surface area contributed by atoms with Gasteiger partial charge in [0.1, 0.15) is 0 Å². The third kappa shape index (κ3) is 4.54. The van der Waals surface area contributed by atoms with Crippen LogP contribution in [-0.4, -0.2) is 50.5 Å². The molecule has 24 heavy (non-hydrogen) atoms. The Kier molecular flexibility index (Phi) is 6.24. The van der Waals surface area contributed by atoms with Gasteiger partial charge in [-0.1, -0.05) is 19.1 Å². The molecule has 0 amide bonds. The van der Waals surface area contributed by atoms with Gasteiger partial charge in [-0.3, -0.25) is 4.90 Å². The summed E-state index contributed by atoms with van der Waals surface area (Å²) in [5.74, 6) is 3.02. The van der Waals surface area contributed by atoms with Crippen LogP contribution in [-0.2, 0) is 16.4 Å². The third-order valence-corrected chi connectivity index (χ3v) is 7.86. The number of aryl methyl sites for hydroxylation is 1. The smallest absolute Gasteiger partial charge is 0.240 e. The number of likely N-dealkylation sites (tertiary alicyclic amines) is 1. The molecule has 2 heterocycles. The van der Waals surface area contributed by atoms with Crippen molar-refractivity contribution in [3.63, 3.8) is 0 Å². The predicted octanol–water partition coefficient (Wildman–Crippen LogP) is 2.74. The van der Waals surface area contributed by atoms with E-state index in [0.717, 1.165) is 44.0 Å². The summed E-state index contributed by atoms with van der Waals surface area (Å²) in [6, 6.07) is 7.97. The Balaban J connectivity index is 1.48. The van der Waals surface area contributed by atoms with E-state index in [4.69, 9.17) is 0 Å². The molecular formula is C18H28N2O2S2. The lowest BCUT2D eigenvalue weighted by atomic mass is 9.96. The highest BCUT2D eigenvalue weighted by Crippen LogP contribution is 2.26. The summed E-state index contributed by atoms with van der Waals surface area (Å²) in [7, 11) is -3.38. The molecule has 0 aromatic heterocycles. The van der Waals surface area contributed by atoms with Crippen molar-refractivity contribution in [2.24, 2.45) is 5.92 Å². The normalized spacial score (nSPS) is 23.6. The maximum Gasteiger partial charge on any atom is 0.240 e. The minimum Gasteiger partial charge on any atom is -0.300 e. The first-order valence-electron chi connectivity index (χ1n) is 8.99. The summed E-state index contributed by atoms with van der Waals surface area (Å²) in [6.07, 6.45) is 4.43.